The lowest BCUT2D eigenvalue weighted by atomic mass is 9.79. The van der Waals surface area contributed by atoms with Gasteiger partial charge in [-0.25, -0.2) is 0 Å². The third-order valence-corrected chi connectivity index (χ3v) is 6.23. The zero-order chi connectivity index (χ0) is 13.5. The van der Waals surface area contributed by atoms with Crippen LogP contribution in [0.15, 0.2) is 30.3 Å². The normalized spacial score (nSPS) is 40.0. The molecule has 0 amide bonds. The highest BCUT2D eigenvalue weighted by molar-refractivity contribution is 5.19. The Morgan fingerprint density at radius 3 is 2.65 bits per heavy atom. The molecule has 0 heterocycles. The summed E-state index contributed by atoms with van der Waals surface area (Å²) in [6.07, 6.45) is 7.19. The van der Waals surface area contributed by atoms with Gasteiger partial charge in [-0.3, -0.25) is 0 Å². The molecule has 0 spiro atoms. The van der Waals surface area contributed by atoms with Crippen LogP contribution < -0.4 is 5.32 Å². The Balaban J connectivity index is 1.47. The maximum absolute atomic E-state index is 9.73. The summed E-state index contributed by atoms with van der Waals surface area (Å²) in [5.74, 6) is 3.88. The van der Waals surface area contributed by atoms with Crippen LogP contribution in [0, 0.1) is 23.7 Å². The monoisotopic (exact) mass is 271 g/mol. The molecule has 2 N–H and O–H groups in total. The topological polar surface area (TPSA) is 32.3 Å². The van der Waals surface area contributed by atoms with Crippen molar-refractivity contribution in [3.05, 3.63) is 35.9 Å². The van der Waals surface area contributed by atoms with Crippen molar-refractivity contribution in [1.82, 2.24) is 5.32 Å². The van der Waals surface area contributed by atoms with Gasteiger partial charge in [0.05, 0.1) is 12.6 Å². The Hall–Kier alpha value is -0.860. The van der Waals surface area contributed by atoms with Crippen molar-refractivity contribution in [2.75, 3.05) is 6.61 Å². The molecule has 0 saturated heterocycles. The van der Waals surface area contributed by atoms with Gasteiger partial charge in [-0.1, -0.05) is 36.8 Å². The molecular formula is C18H25NO. The lowest BCUT2D eigenvalue weighted by molar-refractivity contribution is 0.171. The van der Waals surface area contributed by atoms with Crippen molar-refractivity contribution in [1.29, 1.82) is 0 Å². The molecule has 4 rings (SSSR count). The van der Waals surface area contributed by atoms with Gasteiger partial charge >= 0.3 is 0 Å². The van der Waals surface area contributed by atoms with Crippen molar-refractivity contribution in [2.45, 2.75) is 44.2 Å². The van der Waals surface area contributed by atoms with Crippen LogP contribution in [0.2, 0.25) is 0 Å². The van der Waals surface area contributed by atoms with Crippen LogP contribution in [-0.4, -0.2) is 17.8 Å². The van der Waals surface area contributed by atoms with Crippen molar-refractivity contribution < 1.29 is 5.11 Å². The molecule has 1 aromatic rings. The molecular weight excluding hydrogens is 246 g/mol. The summed E-state index contributed by atoms with van der Waals surface area (Å²) in [6.45, 7) is 0.200. The standard InChI is InChI=1S/C18H25NO/c20-11-18(12-5-2-1-3-6-12)19-17-10-13-9-16(17)15-8-4-7-14(13)15/h1-3,5-6,13-20H,4,7-11H2/t13?,14?,15?,16?,17?,18-/m1/s1. The minimum atomic E-state index is 0.111. The average Bonchev–Trinajstić information content (AvgIpc) is 3.18. The Labute approximate surface area is 121 Å². The quantitative estimate of drug-likeness (QED) is 0.882. The van der Waals surface area contributed by atoms with E-state index in [9.17, 15) is 5.11 Å². The summed E-state index contributed by atoms with van der Waals surface area (Å²) in [7, 11) is 0. The minimum Gasteiger partial charge on any atom is -0.394 e. The molecule has 6 atom stereocenters. The van der Waals surface area contributed by atoms with E-state index in [4.69, 9.17) is 0 Å². The molecule has 20 heavy (non-hydrogen) atoms. The summed E-state index contributed by atoms with van der Waals surface area (Å²) < 4.78 is 0. The first-order chi connectivity index (χ1) is 9.86. The number of rotatable bonds is 4. The molecule has 2 bridgehead atoms. The van der Waals surface area contributed by atoms with Crippen LogP contribution in [0.5, 0.6) is 0 Å². The Morgan fingerprint density at radius 2 is 1.85 bits per heavy atom. The number of hydrogen-bond acceptors (Lipinski definition) is 2. The fraction of sp³-hybridized carbons (Fsp3) is 0.667. The third-order valence-electron chi connectivity index (χ3n) is 6.23. The van der Waals surface area contributed by atoms with E-state index in [2.05, 4.69) is 29.6 Å². The third kappa shape index (κ3) is 2.01. The maximum Gasteiger partial charge on any atom is 0.0626 e. The Bertz CT molecular complexity index is 460. The molecule has 3 fully saturated rings. The Morgan fingerprint density at radius 1 is 1.05 bits per heavy atom. The molecule has 2 heteroatoms. The van der Waals surface area contributed by atoms with Crippen molar-refractivity contribution in [3.8, 4) is 0 Å². The fourth-order valence-corrected chi connectivity index (χ4v) is 5.46. The highest BCUT2D eigenvalue weighted by atomic mass is 16.3. The van der Waals surface area contributed by atoms with Crippen LogP contribution in [0.25, 0.3) is 0 Å². The predicted octanol–water partition coefficient (Wildman–Crippen LogP) is 3.13. The first-order valence-electron chi connectivity index (χ1n) is 8.28. The Kier molecular flexibility index (Phi) is 3.31. The van der Waals surface area contributed by atoms with Crippen LogP contribution >= 0.6 is 0 Å². The summed E-state index contributed by atoms with van der Waals surface area (Å²) >= 11 is 0. The molecule has 3 aliphatic rings. The van der Waals surface area contributed by atoms with Crippen LogP contribution in [0.1, 0.15) is 43.7 Å². The van der Waals surface area contributed by atoms with E-state index in [-0.39, 0.29) is 12.6 Å². The number of aliphatic hydroxyl groups excluding tert-OH is 1. The highest BCUT2D eigenvalue weighted by Gasteiger charge is 2.53. The van der Waals surface area contributed by atoms with E-state index >= 15 is 0 Å². The second-order valence-electron chi connectivity index (χ2n) is 7.07. The van der Waals surface area contributed by atoms with Gasteiger partial charge in [-0.15, -0.1) is 0 Å². The minimum absolute atomic E-state index is 0.111. The molecule has 3 aliphatic carbocycles. The van der Waals surface area contributed by atoms with E-state index < -0.39 is 0 Å². The zero-order valence-corrected chi connectivity index (χ0v) is 12.0. The second-order valence-corrected chi connectivity index (χ2v) is 7.07. The maximum atomic E-state index is 9.73. The van der Waals surface area contributed by atoms with Gasteiger partial charge in [-0.05, 0) is 54.9 Å². The fourth-order valence-electron chi connectivity index (χ4n) is 5.46. The number of fused-ring (bicyclic) bond motifs is 5. The average molecular weight is 271 g/mol. The van der Waals surface area contributed by atoms with Gasteiger partial charge in [0.15, 0.2) is 0 Å². The number of nitrogens with one attached hydrogen (secondary N) is 1. The molecule has 2 nitrogen and oxygen atoms in total. The van der Waals surface area contributed by atoms with E-state index in [1.54, 1.807) is 0 Å². The first kappa shape index (κ1) is 12.8. The molecule has 0 radical (unpaired) electrons. The summed E-state index contributed by atoms with van der Waals surface area (Å²) in [4.78, 5) is 0. The van der Waals surface area contributed by atoms with Crippen LogP contribution in [-0.2, 0) is 0 Å². The van der Waals surface area contributed by atoms with Gasteiger partial charge in [-0.2, -0.15) is 0 Å². The lowest BCUT2D eigenvalue weighted by Gasteiger charge is -2.34. The van der Waals surface area contributed by atoms with E-state index in [0.717, 1.165) is 23.7 Å². The van der Waals surface area contributed by atoms with Gasteiger partial charge in [0.25, 0.3) is 0 Å². The smallest absolute Gasteiger partial charge is 0.0626 e. The van der Waals surface area contributed by atoms with Gasteiger partial charge in [0.2, 0.25) is 0 Å². The van der Waals surface area contributed by atoms with E-state index in [0.29, 0.717) is 6.04 Å². The SMILES string of the molecule is OC[C@@H](NC1CC2CC1C1CCCC21)c1ccccc1. The molecule has 1 aromatic carbocycles. The molecule has 108 valence electrons. The van der Waals surface area contributed by atoms with Crippen LogP contribution in [0.3, 0.4) is 0 Å². The zero-order valence-electron chi connectivity index (χ0n) is 12.0. The van der Waals surface area contributed by atoms with Gasteiger partial charge in [0.1, 0.15) is 0 Å². The summed E-state index contributed by atoms with van der Waals surface area (Å²) in [6, 6.07) is 11.2. The van der Waals surface area contributed by atoms with Gasteiger partial charge in [0, 0.05) is 6.04 Å². The highest BCUT2D eigenvalue weighted by Crippen LogP contribution is 2.58. The van der Waals surface area contributed by atoms with E-state index in [1.807, 2.05) is 6.07 Å². The largest absolute Gasteiger partial charge is 0.394 e. The first-order valence-corrected chi connectivity index (χ1v) is 8.28. The van der Waals surface area contributed by atoms with Crippen molar-refractivity contribution in [2.24, 2.45) is 23.7 Å². The number of benzene rings is 1. The van der Waals surface area contributed by atoms with E-state index in [1.165, 1.54) is 37.7 Å². The number of aliphatic hydroxyl groups is 1. The molecule has 5 unspecified atom stereocenters. The summed E-state index contributed by atoms with van der Waals surface area (Å²) in [5.41, 5.74) is 1.22. The lowest BCUT2D eigenvalue weighted by Crippen LogP contribution is -2.42. The molecule has 3 saturated carbocycles. The van der Waals surface area contributed by atoms with Crippen LogP contribution in [0.4, 0.5) is 0 Å². The van der Waals surface area contributed by atoms with Gasteiger partial charge < -0.3 is 10.4 Å². The summed E-state index contributed by atoms with van der Waals surface area (Å²) in [5, 5.41) is 13.5. The van der Waals surface area contributed by atoms with Crippen molar-refractivity contribution in [3.63, 3.8) is 0 Å². The second kappa shape index (κ2) is 5.16. The molecule has 0 aliphatic heterocycles. The molecule has 0 aromatic heterocycles. The predicted molar refractivity (Wildman–Crippen MR) is 80.2 cm³/mol. The van der Waals surface area contributed by atoms with Crippen molar-refractivity contribution >= 4 is 0 Å². The number of hydrogen-bond donors (Lipinski definition) is 2.